The maximum atomic E-state index is 9.46. The molecular weight excluding hydrogens is 428 g/mol. The van der Waals surface area contributed by atoms with Gasteiger partial charge in [-0.3, -0.25) is 4.99 Å². The second-order valence-corrected chi connectivity index (χ2v) is 8.90. The van der Waals surface area contributed by atoms with Crippen LogP contribution < -0.4 is 0 Å². The number of hydrogen-bond donors (Lipinski definition) is 0. The SMILES string of the molecule is N#CC1=NC(c2ccc(C3=C(n4c5ccccc5c5cc(C#N)ccc54)CCC=C3)cc2)CC=C1. The van der Waals surface area contributed by atoms with Gasteiger partial charge in [0.25, 0.3) is 0 Å². The highest BCUT2D eigenvalue weighted by atomic mass is 15.0. The van der Waals surface area contributed by atoms with Crippen LogP contribution in [0.3, 0.4) is 0 Å². The third-order valence-corrected chi connectivity index (χ3v) is 6.87. The summed E-state index contributed by atoms with van der Waals surface area (Å²) >= 11 is 0. The van der Waals surface area contributed by atoms with E-state index in [9.17, 15) is 10.5 Å². The molecule has 4 nitrogen and oxygen atoms in total. The summed E-state index contributed by atoms with van der Waals surface area (Å²) in [4.78, 5) is 4.57. The Morgan fingerprint density at radius 2 is 1.66 bits per heavy atom. The molecule has 4 aromatic rings. The highest BCUT2D eigenvalue weighted by molar-refractivity contribution is 6.12. The van der Waals surface area contributed by atoms with Crippen molar-refractivity contribution in [2.45, 2.75) is 25.3 Å². The predicted octanol–water partition coefficient (Wildman–Crippen LogP) is 7.35. The number of aromatic nitrogens is 1. The molecule has 4 heteroatoms. The van der Waals surface area contributed by atoms with E-state index in [1.165, 1.54) is 11.3 Å². The van der Waals surface area contributed by atoms with Gasteiger partial charge < -0.3 is 4.57 Å². The number of aliphatic imine (C=N–C) groups is 1. The number of fused-ring (bicyclic) bond motifs is 3. The van der Waals surface area contributed by atoms with E-state index in [2.05, 4.69) is 88.4 Å². The third kappa shape index (κ3) is 3.57. The predicted molar refractivity (Wildman–Crippen MR) is 142 cm³/mol. The second kappa shape index (κ2) is 8.60. The topological polar surface area (TPSA) is 64.9 Å². The number of rotatable bonds is 3. The molecule has 2 heterocycles. The lowest BCUT2D eigenvalue weighted by Crippen LogP contribution is -2.05. The molecule has 1 atom stereocenters. The molecule has 1 aliphatic carbocycles. The second-order valence-electron chi connectivity index (χ2n) is 8.90. The Kier molecular flexibility index (Phi) is 5.13. The minimum atomic E-state index is -0.00860. The van der Waals surface area contributed by atoms with Crippen molar-refractivity contribution in [2.75, 3.05) is 0 Å². The van der Waals surface area contributed by atoms with Crippen LogP contribution in [0.25, 0.3) is 33.1 Å². The Hall–Kier alpha value is -4.67. The first-order chi connectivity index (χ1) is 17.3. The van der Waals surface area contributed by atoms with Gasteiger partial charge in [-0.1, -0.05) is 60.7 Å². The number of hydrogen-bond acceptors (Lipinski definition) is 3. The quantitative estimate of drug-likeness (QED) is 0.327. The molecule has 1 aromatic heterocycles. The monoisotopic (exact) mass is 450 g/mol. The standard InChI is InChI=1S/C31H22N4/c32-19-21-12-17-31-27(18-21)26-8-2-4-11-30(26)35(31)29-10-3-1-7-25(29)22-13-15-23(16-14-22)28-9-5-6-24(20-33)34-28/h1-2,4-8,11-18,28H,3,9-10H2. The van der Waals surface area contributed by atoms with Crippen molar-refractivity contribution >= 4 is 38.8 Å². The molecule has 2 aliphatic rings. The van der Waals surface area contributed by atoms with Crippen molar-refractivity contribution in [3.8, 4) is 12.1 Å². The van der Waals surface area contributed by atoms with Gasteiger partial charge in [0.05, 0.1) is 28.7 Å². The first kappa shape index (κ1) is 20.9. The van der Waals surface area contributed by atoms with E-state index in [0.717, 1.165) is 52.2 Å². The molecule has 35 heavy (non-hydrogen) atoms. The van der Waals surface area contributed by atoms with Crippen LogP contribution in [0.1, 0.15) is 42.0 Å². The number of allylic oxidation sites excluding steroid dienone is 5. The van der Waals surface area contributed by atoms with Crippen molar-refractivity contribution in [1.29, 1.82) is 10.5 Å². The Balaban J connectivity index is 1.50. The van der Waals surface area contributed by atoms with Gasteiger partial charge in [-0.15, -0.1) is 0 Å². The highest BCUT2D eigenvalue weighted by Crippen LogP contribution is 2.39. The average molecular weight is 451 g/mol. The van der Waals surface area contributed by atoms with Gasteiger partial charge in [-0.05, 0) is 60.7 Å². The summed E-state index contributed by atoms with van der Waals surface area (Å²) < 4.78 is 2.37. The summed E-state index contributed by atoms with van der Waals surface area (Å²) in [5.41, 5.74) is 8.19. The van der Waals surface area contributed by atoms with E-state index in [-0.39, 0.29) is 6.04 Å². The van der Waals surface area contributed by atoms with Gasteiger partial charge in [0.2, 0.25) is 0 Å². The van der Waals surface area contributed by atoms with E-state index in [1.54, 1.807) is 6.08 Å². The fourth-order valence-electron chi connectivity index (χ4n) is 5.21. The molecule has 1 aliphatic heterocycles. The van der Waals surface area contributed by atoms with E-state index >= 15 is 0 Å². The van der Waals surface area contributed by atoms with Crippen LogP contribution in [-0.4, -0.2) is 10.3 Å². The van der Waals surface area contributed by atoms with Crippen LogP contribution in [0.5, 0.6) is 0 Å². The summed E-state index contributed by atoms with van der Waals surface area (Å²) in [5.74, 6) is 0. The Morgan fingerprint density at radius 3 is 2.49 bits per heavy atom. The lowest BCUT2D eigenvalue weighted by atomic mass is 9.93. The van der Waals surface area contributed by atoms with Crippen molar-refractivity contribution in [3.05, 3.63) is 108 Å². The van der Waals surface area contributed by atoms with E-state index < -0.39 is 0 Å². The van der Waals surface area contributed by atoms with Gasteiger partial charge in [-0.25, -0.2) is 0 Å². The zero-order valence-corrected chi connectivity index (χ0v) is 19.1. The number of dihydropyridines is 1. The van der Waals surface area contributed by atoms with Gasteiger partial charge >= 0.3 is 0 Å². The van der Waals surface area contributed by atoms with Crippen molar-refractivity contribution in [1.82, 2.24) is 4.57 Å². The van der Waals surface area contributed by atoms with E-state index in [0.29, 0.717) is 11.3 Å². The van der Waals surface area contributed by atoms with Crippen LogP contribution in [0, 0.1) is 22.7 Å². The molecule has 0 saturated carbocycles. The largest absolute Gasteiger partial charge is 0.312 e. The fraction of sp³-hybridized carbons (Fsp3) is 0.129. The van der Waals surface area contributed by atoms with Crippen LogP contribution in [0.15, 0.2) is 96.0 Å². The summed E-state index contributed by atoms with van der Waals surface area (Å²) in [6.07, 6.45) is 11.0. The molecule has 0 spiro atoms. The average Bonchev–Trinajstić information content (AvgIpc) is 3.26. The molecule has 0 radical (unpaired) electrons. The van der Waals surface area contributed by atoms with Crippen molar-refractivity contribution < 1.29 is 0 Å². The Labute approximate surface area is 204 Å². The number of nitriles is 2. The van der Waals surface area contributed by atoms with Gasteiger partial charge in [0.1, 0.15) is 11.8 Å². The van der Waals surface area contributed by atoms with E-state index in [1.807, 2.05) is 18.2 Å². The highest BCUT2D eigenvalue weighted by Gasteiger charge is 2.19. The van der Waals surface area contributed by atoms with Crippen molar-refractivity contribution in [3.63, 3.8) is 0 Å². The number of nitrogens with zero attached hydrogens (tertiary/aromatic N) is 4. The molecule has 166 valence electrons. The zero-order chi connectivity index (χ0) is 23.8. The molecule has 0 saturated heterocycles. The van der Waals surface area contributed by atoms with Crippen LogP contribution in [0.4, 0.5) is 0 Å². The van der Waals surface area contributed by atoms with Crippen LogP contribution >= 0.6 is 0 Å². The molecule has 6 rings (SSSR count). The molecule has 3 aromatic carbocycles. The number of benzene rings is 3. The normalized spacial score (nSPS) is 17.4. The van der Waals surface area contributed by atoms with Gasteiger partial charge in [-0.2, -0.15) is 10.5 Å². The summed E-state index contributed by atoms with van der Waals surface area (Å²) in [7, 11) is 0. The lowest BCUT2D eigenvalue weighted by Gasteiger charge is -2.21. The minimum absolute atomic E-state index is 0.00860. The molecular formula is C31H22N4. The van der Waals surface area contributed by atoms with Gasteiger partial charge in [0.15, 0.2) is 0 Å². The fourth-order valence-corrected chi connectivity index (χ4v) is 5.21. The maximum absolute atomic E-state index is 9.46. The molecule has 0 amide bonds. The zero-order valence-electron chi connectivity index (χ0n) is 19.1. The van der Waals surface area contributed by atoms with Crippen LogP contribution in [-0.2, 0) is 0 Å². The lowest BCUT2D eigenvalue weighted by molar-refractivity contribution is 0.737. The maximum Gasteiger partial charge on any atom is 0.135 e. The first-order valence-corrected chi connectivity index (χ1v) is 11.8. The van der Waals surface area contributed by atoms with Gasteiger partial charge in [0, 0.05) is 22.0 Å². The summed E-state index contributed by atoms with van der Waals surface area (Å²) in [5, 5.41) is 20.9. The number of para-hydroxylation sites is 1. The smallest absolute Gasteiger partial charge is 0.135 e. The molecule has 1 unspecified atom stereocenters. The molecule has 0 fully saturated rings. The third-order valence-electron chi connectivity index (χ3n) is 6.87. The summed E-state index contributed by atoms with van der Waals surface area (Å²) in [6, 6.07) is 27.4. The van der Waals surface area contributed by atoms with E-state index in [4.69, 9.17) is 0 Å². The Bertz CT molecular complexity index is 1680. The first-order valence-electron chi connectivity index (χ1n) is 11.8. The summed E-state index contributed by atoms with van der Waals surface area (Å²) in [6.45, 7) is 0. The Morgan fingerprint density at radius 1 is 0.829 bits per heavy atom. The van der Waals surface area contributed by atoms with Crippen molar-refractivity contribution in [2.24, 2.45) is 4.99 Å². The molecule has 0 bridgehead atoms. The molecule has 0 N–H and O–H groups in total. The minimum Gasteiger partial charge on any atom is -0.312 e. The van der Waals surface area contributed by atoms with Crippen LogP contribution in [0.2, 0.25) is 0 Å².